The Balaban J connectivity index is 2.75. The number of aromatic amines is 1. The van der Waals surface area contributed by atoms with Crippen LogP contribution in [0, 0.1) is 0 Å². The number of carbonyl (C=O) groups is 1. The number of aromatic nitrogens is 2. The number of benzene rings is 1. The number of hydrogen-bond acceptors (Lipinski definition) is 2. The van der Waals surface area contributed by atoms with Crippen molar-refractivity contribution in [2.75, 3.05) is 0 Å². The van der Waals surface area contributed by atoms with Gasteiger partial charge in [0.05, 0.1) is 5.52 Å². The van der Waals surface area contributed by atoms with Crippen LogP contribution in [0.5, 0.6) is 0 Å². The molecule has 0 saturated heterocycles. The average molecular weight is 241 g/mol. The second-order valence-electron chi connectivity index (χ2n) is 2.53. The summed E-state index contributed by atoms with van der Waals surface area (Å²) in [5.74, 6) is -1.09. The smallest absolute Gasteiger partial charge is 0.371 e. The van der Waals surface area contributed by atoms with Crippen molar-refractivity contribution in [1.82, 2.24) is 9.97 Å². The standard InChI is InChI=1S/C8H5BrN2O2/c9-4-2-1-3-5-6(4)11-7(10-5)8(12)13/h1-3H,(H,10,11)(H,12,13). The molecular weight excluding hydrogens is 236 g/mol. The molecule has 1 aromatic heterocycles. The van der Waals surface area contributed by atoms with Crippen molar-refractivity contribution >= 4 is 32.9 Å². The number of aromatic carboxylic acids is 1. The molecule has 2 aromatic rings. The minimum absolute atomic E-state index is 0.0399. The molecule has 1 aromatic carbocycles. The summed E-state index contributed by atoms with van der Waals surface area (Å²) in [6, 6.07) is 5.41. The number of carboxylic acids is 1. The van der Waals surface area contributed by atoms with Crippen LogP contribution in [-0.2, 0) is 0 Å². The number of para-hydroxylation sites is 1. The fourth-order valence-electron chi connectivity index (χ4n) is 1.10. The summed E-state index contributed by atoms with van der Waals surface area (Å²) < 4.78 is 0.786. The number of nitrogens with one attached hydrogen (secondary N) is 1. The topological polar surface area (TPSA) is 66.0 Å². The quantitative estimate of drug-likeness (QED) is 0.802. The summed E-state index contributed by atoms with van der Waals surface area (Å²) in [5.41, 5.74) is 1.35. The first kappa shape index (κ1) is 8.25. The Morgan fingerprint density at radius 1 is 1.54 bits per heavy atom. The van der Waals surface area contributed by atoms with Gasteiger partial charge in [-0.2, -0.15) is 0 Å². The Morgan fingerprint density at radius 2 is 2.31 bits per heavy atom. The number of H-pyrrole nitrogens is 1. The number of carboxylic acid groups (broad SMARTS) is 1. The third-order valence-corrected chi connectivity index (χ3v) is 2.31. The SMILES string of the molecule is O=C(O)c1nc2c(Br)cccc2[nH]1. The van der Waals surface area contributed by atoms with E-state index < -0.39 is 5.97 Å². The van der Waals surface area contributed by atoms with Gasteiger partial charge in [0, 0.05) is 4.47 Å². The average Bonchev–Trinajstić information content (AvgIpc) is 2.49. The molecule has 0 aliphatic carbocycles. The summed E-state index contributed by atoms with van der Waals surface area (Å²) in [4.78, 5) is 17.2. The van der Waals surface area contributed by atoms with Gasteiger partial charge in [0.15, 0.2) is 0 Å². The van der Waals surface area contributed by atoms with E-state index in [1.165, 1.54) is 0 Å². The zero-order valence-electron chi connectivity index (χ0n) is 6.41. The van der Waals surface area contributed by atoms with E-state index >= 15 is 0 Å². The Labute approximate surface area is 81.7 Å². The predicted octanol–water partition coefficient (Wildman–Crippen LogP) is 2.02. The lowest BCUT2D eigenvalue weighted by molar-refractivity contribution is 0.0685. The molecule has 0 fully saturated rings. The fourth-order valence-corrected chi connectivity index (χ4v) is 1.55. The highest BCUT2D eigenvalue weighted by Crippen LogP contribution is 2.21. The van der Waals surface area contributed by atoms with Gasteiger partial charge >= 0.3 is 5.97 Å². The number of halogens is 1. The molecule has 66 valence electrons. The van der Waals surface area contributed by atoms with E-state index in [9.17, 15) is 4.79 Å². The van der Waals surface area contributed by atoms with Gasteiger partial charge in [0.25, 0.3) is 0 Å². The Kier molecular flexibility index (Phi) is 1.81. The normalized spacial score (nSPS) is 10.5. The van der Waals surface area contributed by atoms with Crippen LogP contribution in [0.3, 0.4) is 0 Å². The maximum Gasteiger partial charge on any atom is 0.371 e. The molecule has 2 rings (SSSR count). The zero-order chi connectivity index (χ0) is 9.42. The number of fused-ring (bicyclic) bond motifs is 1. The molecule has 5 heteroatoms. The Bertz CT molecular complexity index is 478. The molecular formula is C8H5BrN2O2. The number of imidazole rings is 1. The maximum atomic E-state index is 10.6. The van der Waals surface area contributed by atoms with Crippen LogP contribution in [0.4, 0.5) is 0 Å². The molecule has 1 heterocycles. The van der Waals surface area contributed by atoms with E-state index in [0.717, 1.165) is 4.47 Å². The van der Waals surface area contributed by atoms with Crippen LogP contribution in [0.2, 0.25) is 0 Å². The molecule has 0 saturated carbocycles. The molecule has 0 amide bonds. The van der Waals surface area contributed by atoms with E-state index in [1.54, 1.807) is 6.07 Å². The van der Waals surface area contributed by atoms with E-state index in [2.05, 4.69) is 25.9 Å². The predicted molar refractivity (Wildman–Crippen MR) is 50.8 cm³/mol. The second-order valence-corrected chi connectivity index (χ2v) is 3.38. The minimum atomic E-state index is -1.05. The second kappa shape index (κ2) is 2.85. The van der Waals surface area contributed by atoms with Crippen LogP contribution < -0.4 is 0 Å². The molecule has 0 spiro atoms. The van der Waals surface area contributed by atoms with Gasteiger partial charge < -0.3 is 10.1 Å². The highest BCUT2D eigenvalue weighted by Gasteiger charge is 2.10. The highest BCUT2D eigenvalue weighted by molar-refractivity contribution is 9.10. The van der Waals surface area contributed by atoms with Crippen molar-refractivity contribution < 1.29 is 9.90 Å². The van der Waals surface area contributed by atoms with Crippen LogP contribution >= 0.6 is 15.9 Å². The number of nitrogens with zero attached hydrogens (tertiary/aromatic N) is 1. The first-order chi connectivity index (χ1) is 6.18. The van der Waals surface area contributed by atoms with Gasteiger partial charge in [0.2, 0.25) is 5.82 Å². The fraction of sp³-hybridized carbons (Fsp3) is 0. The summed E-state index contributed by atoms with van der Waals surface area (Å²) in [6.07, 6.45) is 0. The first-order valence-electron chi connectivity index (χ1n) is 3.56. The molecule has 4 nitrogen and oxygen atoms in total. The third-order valence-electron chi connectivity index (χ3n) is 1.67. The van der Waals surface area contributed by atoms with Crippen molar-refractivity contribution in [3.05, 3.63) is 28.5 Å². The Morgan fingerprint density at radius 3 is 2.92 bits per heavy atom. The van der Waals surface area contributed by atoms with Crippen molar-refractivity contribution in [2.45, 2.75) is 0 Å². The van der Waals surface area contributed by atoms with Crippen LogP contribution in [0.15, 0.2) is 22.7 Å². The van der Waals surface area contributed by atoms with Gasteiger partial charge in [0.1, 0.15) is 5.52 Å². The monoisotopic (exact) mass is 240 g/mol. The van der Waals surface area contributed by atoms with Crippen LogP contribution in [0.25, 0.3) is 11.0 Å². The van der Waals surface area contributed by atoms with E-state index in [1.807, 2.05) is 12.1 Å². The van der Waals surface area contributed by atoms with Gasteiger partial charge in [-0.1, -0.05) is 6.07 Å². The summed E-state index contributed by atoms with van der Waals surface area (Å²) in [7, 11) is 0. The van der Waals surface area contributed by atoms with E-state index in [-0.39, 0.29) is 5.82 Å². The molecule has 13 heavy (non-hydrogen) atoms. The molecule has 0 atom stereocenters. The van der Waals surface area contributed by atoms with Crippen molar-refractivity contribution in [3.63, 3.8) is 0 Å². The lowest BCUT2D eigenvalue weighted by Crippen LogP contribution is -1.97. The van der Waals surface area contributed by atoms with Crippen molar-refractivity contribution in [2.24, 2.45) is 0 Å². The Hall–Kier alpha value is -1.36. The highest BCUT2D eigenvalue weighted by atomic mass is 79.9. The van der Waals surface area contributed by atoms with Gasteiger partial charge in [-0.05, 0) is 28.1 Å². The maximum absolute atomic E-state index is 10.6. The van der Waals surface area contributed by atoms with Crippen molar-refractivity contribution in [3.8, 4) is 0 Å². The number of rotatable bonds is 1. The van der Waals surface area contributed by atoms with E-state index in [0.29, 0.717) is 11.0 Å². The third kappa shape index (κ3) is 1.31. The summed E-state index contributed by atoms with van der Waals surface area (Å²) in [6.45, 7) is 0. The molecule has 0 unspecified atom stereocenters. The minimum Gasteiger partial charge on any atom is -0.475 e. The van der Waals surface area contributed by atoms with Gasteiger partial charge in [-0.15, -0.1) is 0 Å². The lowest BCUT2D eigenvalue weighted by Gasteiger charge is -1.88. The molecule has 2 N–H and O–H groups in total. The molecule has 0 aliphatic heterocycles. The van der Waals surface area contributed by atoms with Crippen LogP contribution in [0.1, 0.15) is 10.6 Å². The van der Waals surface area contributed by atoms with Crippen molar-refractivity contribution in [1.29, 1.82) is 0 Å². The first-order valence-corrected chi connectivity index (χ1v) is 4.35. The van der Waals surface area contributed by atoms with Gasteiger partial charge in [-0.25, -0.2) is 9.78 Å². The van der Waals surface area contributed by atoms with E-state index in [4.69, 9.17) is 5.11 Å². The lowest BCUT2D eigenvalue weighted by atomic mass is 10.3. The zero-order valence-corrected chi connectivity index (χ0v) is 8.00. The molecule has 0 radical (unpaired) electrons. The molecule has 0 aliphatic rings. The largest absolute Gasteiger partial charge is 0.475 e. The summed E-state index contributed by atoms with van der Waals surface area (Å²) in [5, 5.41) is 8.67. The number of hydrogen-bond donors (Lipinski definition) is 2. The molecule has 0 bridgehead atoms. The van der Waals surface area contributed by atoms with Gasteiger partial charge in [-0.3, -0.25) is 0 Å². The summed E-state index contributed by atoms with van der Waals surface area (Å²) >= 11 is 3.28. The van der Waals surface area contributed by atoms with Crippen LogP contribution in [-0.4, -0.2) is 21.0 Å².